The molecule has 0 aliphatic rings. The molecule has 0 saturated heterocycles. The first-order chi connectivity index (χ1) is 28.1. The van der Waals surface area contributed by atoms with Crippen LogP contribution in [0.15, 0.2) is 146 Å². The number of rotatable bonds is 5. The predicted molar refractivity (Wildman–Crippen MR) is 249 cm³/mol. The van der Waals surface area contributed by atoms with Crippen molar-refractivity contribution in [2.24, 2.45) is 0 Å². The van der Waals surface area contributed by atoms with E-state index in [0.717, 1.165) is 77.7 Å². The van der Waals surface area contributed by atoms with Gasteiger partial charge in [0.1, 0.15) is 0 Å². The number of pyridine rings is 1. The first-order valence-corrected chi connectivity index (χ1v) is 20.7. The van der Waals surface area contributed by atoms with Crippen LogP contribution in [0.2, 0.25) is 0 Å². The molecule has 2 aromatic heterocycles. The maximum Gasteiger partial charge on any atom is 2.00 e. The number of imidazole rings is 1. The summed E-state index contributed by atoms with van der Waals surface area (Å²) >= 11 is 0. The van der Waals surface area contributed by atoms with Crippen LogP contribution in [0.4, 0.5) is 0 Å². The fourth-order valence-electron chi connectivity index (χ4n) is 8.10. The van der Waals surface area contributed by atoms with E-state index in [-0.39, 0.29) is 37.3 Å². The molecule has 0 saturated carbocycles. The van der Waals surface area contributed by atoms with Crippen molar-refractivity contribution >= 4 is 32.7 Å². The van der Waals surface area contributed by atoms with Crippen molar-refractivity contribution < 1.29 is 21.1 Å². The summed E-state index contributed by atoms with van der Waals surface area (Å²) < 4.78 is 2.38. The number of aromatic nitrogens is 3. The number of nitrogens with zero attached hydrogens (tertiary/aromatic N) is 3. The smallest absolute Gasteiger partial charge is 0.333 e. The summed E-state index contributed by atoms with van der Waals surface area (Å²) in [6.45, 7) is 20.5. The maximum atomic E-state index is 5.73. The molecule has 3 nitrogen and oxygen atoms in total. The summed E-state index contributed by atoms with van der Waals surface area (Å²) in [5, 5.41) is 3.21. The zero-order valence-corrected chi connectivity index (χ0v) is 38.3. The summed E-state index contributed by atoms with van der Waals surface area (Å²) in [6, 6.07) is 59.7. The van der Waals surface area contributed by atoms with Crippen LogP contribution in [0.1, 0.15) is 79.0 Å². The topological polar surface area (TPSA) is 30.7 Å². The fraction of sp³-hybridized carbons (Fsp3) is 0.214. The van der Waals surface area contributed by atoms with Crippen molar-refractivity contribution in [1.82, 2.24) is 14.5 Å². The van der Waals surface area contributed by atoms with Crippen LogP contribution in [-0.4, -0.2) is 14.5 Å². The molecule has 60 heavy (non-hydrogen) atoms. The Kier molecular flexibility index (Phi) is 10.6. The van der Waals surface area contributed by atoms with E-state index in [1.807, 2.05) is 6.07 Å². The van der Waals surface area contributed by atoms with Gasteiger partial charge in [-0.3, -0.25) is 9.97 Å². The van der Waals surface area contributed by atoms with Gasteiger partial charge in [0.05, 0.1) is 22.4 Å². The third-order valence-corrected chi connectivity index (χ3v) is 11.6. The van der Waals surface area contributed by atoms with Crippen LogP contribution in [0.25, 0.3) is 83.3 Å². The Bertz CT molecular complexity index is 3000. The van der Waals surface area contributed by atoms with Gasteiger partial charge < -0.3 is 4.57 Å². The molecule has 0 N–H and O–H groups in total. The Hall–Kier alpha value is -5.63. The standard InChI is InChI=1S/C56H51N3.Pt/c1-54(2,3)43-27-30-48(46(35-43)37-19-14-11-15-20-37)59-49-29-26-38-23-24-39-25-28-47(41-22-16-21-40(31-41)36-17-12-10-13-18-36)57-51(39)50(38)52(49)58-53(59)42-32-44(55(4,5)6)34-45(33-42)56(7,8)9;/h10-21,23-32,34-35H,1-9H3;/q-2;+2. The third kappa shape index (κ3) is 7.65. The Labute approximate surface area is 369 Å². The number of hydrogen-bond acceptors (Lipinski definition) is 2. The van der Waals surface area contributed by atoms with Gasteiger partial charge in [0.25, 0.3) is 0 Å². The minimum Gasteiger partial charge on any atom is -0.333 e. The predicted octanol–water partition coefficient (Wildman–Crippen LogP) is 14.9. The van der Waals surface area contributed by atoms with Gasteiger partial charge in [0, 0.05) is 16.6 Å². The minimum atomic E-state index is -0.117. The number of benzene rings is 7. The van der Waals surface area contributed by atoms with Gasteiger partial charge in [-0.15, -0.1) is 70.3 Å². The van der Waals surface area contributed by atoms with Crippen LogP contribution in [0.3, 0.4) is 0 Å². The minimum absolute atomic E-state index is 0. The molecular weight excluding hydrogens is 910 g/mol. The molecule has 0 aliphatic carbocycles. The van der Waals surface area contributed by atoms with Crippen molar-refractivity contribution in [2.45, 2.75) is 78.6 Å². The van der Waals surface area contributed by atoms with Gasteiger partial charge in [-0.25, -0.2) is 0 Å². The summed E-state index contributed by atoms with van der Waals surface area (Å²) in [6.07, 6.45) is 0. The molecule has 2 heterocycles. The van der Waals surface area contributed by atoms with E-state index >= 15 is 0 Å². The van der Waals surface area contributed by atoms with Crippen molar-refractivity contribution in [2.75, 3.05) is 0 Å². The van der Waals surface area contributed by atoms with Crippen LogP contribution in [0, 0.1) is 12.1 Å². The summed E-state index contributed by atoms with van der Waals surface area (Å²) in [7, 11) is 0. The van der Waals surface area contributed by atoms with E-state index in [2.05, 4.69) is 219 Å². The molecule has 4 heteroatoms. The summed E-state index contributed by atoms with van der Waals surface area (Å²) in [5.74, 6) is 0.863. The van der Waals surface area contributed by atoms with Crippen molar-refractivity contribution in [3.8, 4) is 50.6 Å². The van der Waals surface area contributed by atoms with Crippen LogP contribution in [0.5, 0.6) is 0 Å². The van der Waals surface area contributed by atoms with Gasteiger partial charge in [-0.1, -0.05) is 159 Å². The number of hydrogen-bond donors (Lipinski definition) is 0. The Morgan fingerprint density at radius 3 is 1.83 bits per heavy atom. The summed E-state index contributed by atoms with van der Waals surface area (Å²) in [5.41, 5.74) is 14.9. The molecule has 300 valence electrons. The molecule has 9 aromatic rings. The second kappa shape index (κ2) is 15.4. The van der Waals surface area contributed by atoms with Crippen molar-refractivity contribution in [3.63, 3.8) is 0 Å². The van der Waals surface area contributed by atoms with Crippen LogP contribution in [-0.2, 0) is 37.3 Å². The quantitative estimate of drug-likeness (QED) is 0.127. The molecule has 0 radical (unpaired) electrons. The van der Waals surface area contributed by atoms with E-state index in [1.54, 1.807) is 0 Å². The maximum absolute atomic E-state index is 5.73. The van der Waals surface area contributed by atoms with Crippen LogP contribution < -0.4 is 0 Å². The van der Waals surface area contributed by atoms with Crippen LogP contribution >= 0.6 is 0 Å². The zero-order chi connectivity index (χ0) is 41.3. The first kappa shape index (κ1) is 41.1. The molecule has 0 bridgehead atoms. The Balaban J connectivity index is 0.00000499. The van der Waals surface area contributed by atoms with E-state index in [9.17, 15) is 0 Å². The monoisotopic (exact) mass is 960 g/mol. The van der Waals surface area contributed by atoms with Gasteiger partial charge in [0.15, 0.2) is 0 Å². The van der Waals surface area contributed by atoms with Gasteiger partial charge in [-0.2, -0.15) is 0 Å². The average molecular weight is 961 g/mol. The second-order valence-corrected chi connectivity index (χ2v) is 19.0. The first-order valence-electron chi connectivity index (χ1n) is 20.7. The second-order valence-electron chi connectivity index (χ2n) is 19.0. The Morgan fingerprint density at radius 2 is 1.15 bits per heavy atom. The van der Waals surface area contributed by atoms with E-state index < -0.39 is 0 Å². The molecule has 0 unspecified atom stereocenters. The molecule has 7 aromatic carbocycles. The largest absolute Gasteiger partial charge is 2.00 e. The molecule has 0 spiro atoms. The molecule has 9 rings (SSSR count). The molecule has 0 amide bonds. The third-order valence-electron chi connectivity index (χ3n) is 11.6. The molecule has 0 atom stereocenters. The summed E-state index contributed by atoms with van der Waals surface area (Å²) in [4.78, 5) is 11.2. The molecule has 0 fully saturated rings. The van der Waals surface area contributed by atoms with Gasteiger partial charge >= 0.3 is 21.1 Å². The normalized spacial score (nSPS) is 12.3. The number of fused-ring (bicyclic) bond motifs is 5. The van der Waals surface area contributed by atoms with E-state index in [0.29, 0.717) is 0 Å². The van der Waals surface area contributed by atoms with Crippen molar-refractivity contribution in [3.05, 3.63) is 174 Å². The van der Waals surface area contributed by atoms with Gasteiger partial charge in [-0.05, 0) is 67.6 Å². The van der Waals surface area contributed by atoms with E-state index in [1.165, 1.54) is 22.3 Å². The fourth-order valence-corrected chi connectivity index (χ4v) is 8.10. The Morgan fingerprint density at radius 1 is 0.500 bits per heavy atom. The van der Waals surface area contributed by atoms with Crippen molar-refractivity contribution in [1.29, 1.82) is 0 Å². The molecule has 0 aliphatic heterocycles. The zero-order valence-electron chi connectivity index (χ0n) is 36.0. The molecular formula is C56H51N3Pt. The SMILES string of the molecule is CC(C)(C)c1[c-]c(-c2nc3c4c(ccc5ccc(-c6[c-]ccc(-c7ccccc7)c6)nc54)ccc3n2-c2ccc(C(C)(C)C)cc2-c2ccccc2)cc(C(C)(C)C)c1.[Pt+2]. The average Bonchev–Trinajstić information content (AvgIpc) is 3.62. The van der Waals surface area contributed by atoms with Gasteiger partial charge in [0.2, 0.25) is 0 Å². The van der Waals surface area contributed by atoms with E-state index in [4.69, 9.17) is 9.97 Å².